The molecule has 2 aromatic carbocycles. The Morgan fingerprint density at radius 3 is 2.46 bits per heavy atom. The van der Waals surface area contributed by atoms with Gasteiger partial charge in [-0.05, 0) is 31.5 Å². The molecular weight excluding hydrogens is 522 g/mol. The van der Waals surface area contributed by atoms with Crippen molar-refractivity contribution in [1.82, 2.24) is 24.6 Å². The second kappa shape index (κ2) is 12.3. The lowest BCUT2D eigenvalue weighted by Gasteiger charge is -2.26. The number of aliphatic imine (C=N–C) groups is 1. The molecule has 1 unspecified atom stereocenters. The highest BCUT2D eigenvalue weighted by molar-refractivity contribution is 5.95. The highest BCUT2D eigenvalue weighted by atomic mass is 16.5. The van der Waals surface area contributed by atoms with Crippen molar-refractivity contribution in [3.63, 3.8) is 0 Å². The van der Waals surface area contributed by atoms with Gasteiger partial charge in [0.25, 0.3) is 0 Å². The molecule has 0 spiro atoms. The fourth-order valence-corrected chi connectivity index (χ4v) is 4.97. The minimum atomic E-state index is -0.241. The van der Waals surface area contributed by atoms with Gasteiger partial charge in [0.15, 0.2) is 0 Å². The van der Waals surface area contributed by atoms with Gasteiger partial charge in [-0.2, -0.15) is 5.10 Å². The van der Waals surface area contributed by atoms with E-state index in [1.54, 1.807) is 31.3 Å². The van der Waals surface area contributed by atoms with E-state index >= 15 is 0 Å². The normalized spacial score (nSPS) is 15.1. The third-order valence-corrected chi connectivity index (χ3v) is 6.97. The SMILES string of the molecule is CCOC(=O)CN1CC(CN(c2cc(OC)cc(OC)c2)c2ccc3ncc(-c4cnn(C)c4)nc3c2)=NC1CC. The molecule has 11 heteroatoms. The van der Waals surface area contributed by atoms with Gasteiger partial charge in [0.1, 0.15) is 17.7 Å². The van der Waals surface area contributed by atoms with Crippen LogP contribution in [0.3, 0.4) is 0 Å². The molecule has 1 atom stereocenters. The molecule has 0 amide bonds. The first kappa shape index (κ1) is 28.0. The summed E-state index contributed by atoms with van der Waals surface area (Å²) in [4.78, 5) is 31.0. The van der Waals surface area contributed by atoms with Gasteiger partial charge in [0.2, 0.25) is 0 Å². The molecule has 0 fully saturated rings. The van der Waals surface area contributed by atoms with Crippen LogP contribution in [0.15, 0.2) is 60.0 Å². The molecule has 0 aliphatic carbocycles. The van der Waals surface area contributed by atoms with Gasteiger partial charge in [0, 0.05) is 60.6 Å². The third-order valence-electron chi connectivity index (χ3n) is 6.97. The van der Waals surface area contributed by atoms with Gasteiger partial charge >= 0.3 is 5.97 Å². The fourth-order valence-electron chi connectivity index (χ4n) is 4.97. The molecular formula is C30H35N7O4. The van der Waals surface area contributed by atoms with E-state index in [9.17, 15) is 4.79 Å². The number of aryl methyl sites for hydroxylation is 1. The van der Waals surface area contributed by atoms with E-state index in [2.05, 4.69) is 26.8 Å². The zero-order valence-electron chi connectivity index (χ0n) is 24.1. The van der Waals surface area contributed by atoms with E-state index in [1.807, 2.05) is 56.6 Å². The highest BCUT2D eigenvalue weighted by Crippen LogP contribution is 2.34. The van der Waals surface area contributed by atoms with E-state index in [0.717, 1.165) is 45.8 Å². The monoisotopic (exact) mass is 557 g/mol. The Kier molecular flexibility index (Phi) is 8.44. The summed E-state index contributed by atoms with van der Waals surface area (Å²) in [5.74, 6) is 1.11. The summed E-state index contributed by atoms with van der Waals surface area (Å²) >= 11 is 0. The number of benzene rings is 2. The maximum absolute atomic E-state index is 12.3. The third kappa shape index (κ3) is 6.30. The molecule has 3 heterocycles. The van der Waals surface area contributed by atoms with Crippen LogP contribution in [-0.4, -0.2) is 83.0 Å². The topological polar surface area (TPSA) is 107 Å². The van der Waals surface area contributed by atoms with E-state index < -0.39 is 0 Å². The van der Waals surface area contributed by atoms with Gasteiger partial charge in [-0.3, -0.25) is 24.4 Å². The van der Waals surface area contributed by atoms with Crippen LogP contribution in [0.5, 0.6) is 11.5 Å². The highest BCUT2D eigenvalue weighted by Gasteiger charge is 2.29. The van der Waals surface area contributed by atoms with E-state index in [0.29, 0.717) is 31.2 Å². The summed E-state index contributed by atoms with van der Waals surface area (Å²) in [7, 11) is 5.14. The predicted octanol–water partition coefficient (Wildman–Crippen LogP) is 4.24. The first-order valence-corrected chi connectivity index (χ1v) is 13.6. The summed E-state index contributed by atoms with van der Waals surface area (Å²) in [6, 6.07) is 11.8. The number of nitrogens with zero attached hydrogens (tertiary/aromatic N) is 7. The number of fused-ring (bicyclic) bond motifs is 1. The molecule has 4 aromatic rings. The molecule has 5 rings (SSSR count). The number of ether oxygens (including phenoxy) is 3. The van der Waals surface area contributed by atoms with Gasteiger partial charge in [-0.25, -0.2) is 4.98 Å². The number of carbonyl (C=O) groups is 1. The Bertz CT molecular complexity index is 1550. The zero-order valence-corrected chi connectivity index (χ0v) is 24.1. The standard InChI is InChI=1S/C30H35N7O4/c1-6-29-33-21(17-36(29)19-30(38)41-7-2)18-37(23-10-24(39-4)13-25(11-23)40-5)22-8-9-26-27(12-22)34-28(15-31-26)20-14-32-35(3)16-20/h8-16,29H,6-7,17-19H2,1-5H3. The largest absolute Gasteiger partial charge is 0.497 e. The van der Waals surface area contributed by atoms with Crippen molar-refractivity contribution in [2.45, 2.75) is 26.4 Å². The molecule has 11 nitrogen and oxygen atoms in total. The summed E-state index contributed by atoms with van der Waals surface area (Å²) in [6.45, 7) is 5.50. The van der Waals surface area contributed by atoms with E-state index in [-0.39, 0.29) is 18.7 Å². The quantitative estimate of drug-likeness (QED) is 0.250. The number of hydrogen-bond donors (Lipinski definition) is 0. The van der Waals surface area contributed by atoms with Crippen LogP contribution >= 0.6 is 0 Å². The lowest BCUT2D eigenvalue weighted by Crippen LogP contribution is -2.37. The van der Waals surface area contributed by atoms with Gasteiger partial charge in [-0.15, -0.1) is 0 Å². The van der Waals surface area contributed by atoms with Crippen molar-refractivity contribution in [1.29, 1.82) is 0 Å². The van der Waals surface area contributed by atoms with Crippen LogP contribution in [0.2, 0.25) is 0 Å². The second-order valence-electron chi connectivity index (χ2n) is 9.78. The Hall–Kier alpha value is -4.51. The van der Waals surface area contributed by atoms with Crippen LogP contribution in [0.1, 0.15) is 20.3 Å². The lowest BCUT2D eigenvalue weighted by molar-refractivity contribution is -0.144. The summed E-state index contributed by atoms with van der Waals surface area (Å²) < 4.78 is 18.1. The summed E-state index contributed by atoms with van der Waals surface area (Å²) in [5, 5.41) is 4.27. The molecule has 0 radical (unpaired) electrons. The summed E-state index contributed by atoms with van der Waals surface area (Å²) in [6.07, 6.45) is 6.16. The molecule has 214 valence electrons. The van der Waals surface area contributed by atoms with Crippen molar-refractivity contribution >= 4 is 34.1 Å². The number of hydrogen-bond acceptors (Lipinski definition) is 10. The van der Waals surface area contributed by atoms with Crippen LogP contribution < -0.4 is 14.4 Å². The number of methoxy groups -OCH3 is 2. The number of aromatic nitrogens is 4. The van der Waals surface area contributed by atoms with Crippen molar-refractivity contribution in [3.8, 4) is 22.8 Å². The zero-order chi connectivity index (χ0) is 28.9. The van der Waals surface area contributed by atoms with E-state index in [1.165, 1.54) is 0 Å². The van der Waals surface area contributed by atoms with Crippen molar-refractivity contribution in [3.05, 3.63) is 55.0 Å². The number of carbonyl (C=O) groups excluding carboxylic acids is 1. The molecule has 0 N–H and O–H groups in total. The first-order chi connectivity index (χ1) is 19.9. The van der Waals surface area contributed by atoms with Crippen LogP contribution in [0.4, 0.5) is 11.4 Å². The summed E-state index contributed by atoms with van der Waals surface area (Å²) in [5.41, 5.74) is 5.92. The van der Waals surface area contributed by atoms with Crippen molar-refractivity contribution in [2.24, 2.45) is 12.0 Å². The Morgan fingerprint density at radius 1 is 1.02 bits per heavy atom. The maximum Gasteiger partial charge on any atom is 0.320 e. The second-order valence-corrected chi connectivity index (χ2v) is 9.78. The molecule has 0 saturated heterocycles. The number of esters is 1. The van der Waals surface area contributed by atoms with Crippen LogP contribution in [0, 0.1) is 0 Å². The lowest BCUT2D eigenvalue weighted by atomic mass is 10.1. The van der Waals surface area contributed by atoms with Crippen molar-refractivity contribution in [2.75, 3.05) is 45.4 Å². The molecule has 0 bridgehead atoms. The molecule has 1 aliphatic heterocycles. The Morgan fingerprint density at radius 2 is 1.80 bits per heavy atom. The molecule has 2 aromatic heterocycles. The number of anilines is 2. The molecule has 0 saturated carbocycles. The van der Waals surface area contributed by atoms with Gasteiger partial charge in [0.05, 0.1) is 63.0 Å². The molecule has 41 heavy (non-hydrogen) atoms. The van der Waals surface area contributed by atoms with Crippen LogP contribution in [0.25, 0.3) is 22.3 Å². The first-order valence-electron chi connectivity index (χ1n) is 13.6. The average Bonchev–Trinajstić information content (AvgIpc) is 3.60. The van der Waals surface area contributed by atoms with Gasteiger partial charge < -0.3 is 19.1 Å². The Labute approximate surface area is 239 Å². The number of rotatable bonds is 11. The minimum absolute atomic E-state index is 0.0828. The average molecular weight is 558 g/mol. The predicted molar refractivity (Wildman–Crippen MR) is 158 cm³/mol. The Balaban J connectivity index is 1.53. The van der Waals surface area contributed by atoms with Gasteiger partial charge in [-0.1, -0.05) is 6.92 Å². The smallest absolute Gasteiger partial charge is 0.320 e. The minimum Gasteiger partial charge on any atom is -0.497 e. The fraction of sp³-hybridized carbons (Fsp3) is 0.367. The maximum atomic E-state index is 12.3. The molecule has 1 aliphatic rings. The van der Waals surface area contributed by atoms with E-state index in [4.69, 9.17) is 24.2 Å². The van der Waals surface area contributed by atoms with Crippen LogP contribution in [-0.2, 0) is 16.6 Å². The van der Waals surface area contributed by atoms with Crippen molar-refractivity contribution < 1.29 is 19.0 Å².